The van der Waals surface area contributed by atoms with Crippen LogP contribution in [-0.4, -0.2) is 25.2 Å². The zero-order chi connectivity index (χ0) is 12.1. The van der Waals surface area contributed by atoms with Crippen molar-refractivity contribution in [2.75, 3.05) is 13.2 Å². The zero-order valence-corrected chi connectivity index (χ0v) is 9.62. The largest absolute Gasteiger partial charge is 0.381 e. The Balaban J connectivity index is 1.84. The van der Waals surface area contributed by atoms with Gasteiger partial charge < -0.3 is 10.1 Å². The third-order valence-corrected chi connectivity index (χ3v) is 2.84. The van der Waals surface area contributed by atoms with Crippen molar-refractivity contribution in [1.82, 2.24) is 5.32 Å². The van der Waals surface area contributed by atoms with Crippen LogP contribution >= 0.6 is 0 Å². The highest BCUT2D eigenvalue weighted by Crippen LogP contribution is 2.08. The third-order valence-electron chi connectivity index (χ3n) is 2.84. The zero-order valence-electron chi connectivity index (χ0n) is 9.62. The summed E-state index contributed by atoms with van der Waals surface area (Å²) in [7, 11) is 0. The molecule has 1 amide bonds. The molecule has 92 valence electrons. The number of nitrogens with one attached hydrogen (secondary N) is 1. The summed E-state index contributed by atoms with van der Waals surface area (Å²) in [5.41, 5.74) is 0.703. The first-order valence-corrected chi connectivity index (χ1v) is 5.85. The molecule has 1 aromatic rings. The van der Waals surface area contributed by atoms with Crippen molar-refractivity contribution >= 4 is 5.91 Å². The molecule has 1 heterocycles. The summed E-state index contributed by atoms with van der Waals surface area (Å²) in [5, 5.41) is 2.95. The lowest BCUT2D eigenvalue weighted by Crippen LogP contribution is -2.39. The van der Waals surface area contributed by atoms with E-state index in [0.717, 1.165) is 12.8 Å². The van der Waals surface area contributed by atoms with Crippen molar-refractivity contribution in [2.45, 2.75) is 25.3 Å². The number of hydrogen-bond donors (Lipinski definition) is 1. The molecule has 1 aliphatic heterocycles. The van der Waals surface area contributed by atoms with E-state index in [1.807, 2.05) is 0 Å². The first-order valence-electron chi connectivity index (χ1n) is 5.85. The fourth-order valence-corrected chi connectivity index (χ4v) is 1.95. The molecule has 2 rings (SSSR count). The fourth-order valence-electron chi connectivity index (χ4n) is 1.95. The van der Waals surface area contributed by atoms with Gasteiger partial charge in [0.2, 0.25) is 5.91 Å². The Hall–Kier alpha value is -1.42. The van der Waals surface area contributed by atoms with Crippen LogP contribution in [-0.2, 0) is 16.0 Å². The lowest BCUT2D eigenvalue weighted by molar-refractivity contribution is -0.121. The summed E-state index contributed by atoms with van der Waals surface area (Å²) in [6, 6.07) is 6.34. The number of carbonyl (C=O) groups is 1. The van der Waals surface area contributed by atoms with E-state index in [1.54, 1.807) is 12.1 Å². The quantitative estimate of drug-likeness (QED) is 0.868. The van der Waals surface area contributed by atoms with Gasteiger partial charge in [-0.15, -0.1) is 0 Å². The Bertz CT molecular complexity index is 389. The van der Waals surface area contributed by atoms with Crippen molar-refractivity contribution in [2.24, 2.45) is 0 Å². The Morgan fingerprint density at radius 3 is 2.88 bits per heavy atom. The Kier molecular flexibility index (Phi) is 4.09. The van der Waals surface area contributed by atoms with Gasteiger partial charge in [-0.3, -0.25) is 4.79 Å². The second-order valence-corrected chi connectivity index (χ2v) is 4.26. The second kappa shape index (κ2) is 5.77. The molecule has 0 atom stereocenters. The molecule has 0 radical (unpaired) electrons. The topological polar surface area (TPSA) is 38.3 Å². The van der Waals surface area contributed by atoms with E-state index in [-0.39, 0.29) is 24.2 Å². The highest BCUT2D eigenvalue weighted by Gasteiger charge is 2.16. The van der Waals surface area contributed by atoms with Gasteiger partial charge in [0.15, 0.2) is 0 Å². The van der Waals surface area contributed by atoms with Crippen molar-refractivity contribution in [3.8, 4) is 0 Å². The summed E-state index contributed by atoms with van der Waals surface area (Å²) in [4.78, 5) is 11.7. The third kappa shape index (κ3) is 3.82. The van der Waals surface area contributed by atoms with Crippen LogP contribution in [0.1, 0.15) is 18.4 Å². The first-order chi connectivity index (χ1) is 8.24. The highest BCUT2D eigenvalue weighted by atomic mass is 19.1. The van der Waals surface area contributed by atoms with Gasteiger partial charge in [-0.05, 0) is 30.5 Å². The van der Waals surface area contributed by atoms with Crippen LogP contribution in [0.15, 0.2) is 24.3 Å². The van der Waals surface area contributed by atoms with Crippen molar-refractivity contribution in [3.05, 3.63) is 35.6 Å². The van der Waals surface area contributed by atoms with Crippen molar-refractivity contribution in [1.29, 1.82) is 0 Å². The smallest absolute Gasteiger partial charge is 0.224 e. The second-order valence-electron chi connectivity index (χ2n) is 4.26. The van der Waals surface area contributed by atoms with Gasteiger partial charge in [0.25, 0.3) is 0 Å². The lowest BCUT2D eigenvalue weighted by atomic mass is 10.1. The van der Waals surface area contributed by atoms with Crippen LogP contribution in [0.2, 0.25) is 0 Å². The number of carbonyl (C=O) groups excluding carboxylic acids is 1. The number of amides is 1. The van der Waals surface area contributed by atoms with Crippen molar-refractivity contribution < 1.29 is 13.9 Å². The predicted octanol–water partition coefficient (Wildman–Crippen LogP) is 1.66. The minimum atomic E-state index is -0.304. The minimum Gasteiger partial charge on any atom is -0.381 e. The van der Waals surface area contributed by atoms with Gasteiger partial charge >= 0.3 is 0 Å². The SMILES string of the molecule is O=C(Cc1cccc(F)c1)NC1CCOCC1. The molecule has 1 fully saturated rings. The number of halogens is 1. The fraction of sp³-hybridized carbons (Fsp3) is 0.462. The summed E-state index contributed by atoms with van der Waals surface area (Å²) < 4.78 is 18.1. The number of ether oxygens (including phenoxy) is 1. The van der Waals surface area contributed by atoms with Crippen LogP contribution in [0, 0.1) is 5.82 Å². The molecular formula is C13H16FNO2. The van der Waals surface area contributed by atoms with Crippen molar-refractivity contribution in [3.63, 3.8) is 0 Å². The van der Waals surface area contributed by atoms with Gasteiger partial charge in [-0.25, -0.2) is 4.39 Å². The minimum absolute atomic E-state index is 0.0532. The van der Waals surface area contributed by atoms with Gasteiger partial charge in [0.1, 0.15) is 5.82 Å². The summed E-state index contributed by atoms with van der Waals surface area (Å²) in [6.45, 7) is 1.40. The summed E-state index contributed by atoms with van der Waals surface area (Å²) in [6.07, 6.45) is 1.94. The van der Waals surface area contributed by atoms with Gasteiger partial charge in [-0.1, -0.05) is 12.1 Å². The molecule has 17 heavy (non-hydrogen) atoms. The van der Waals surface area contributed by atoms with E-state index in [1.165, 1.54) is 12.1 Å². The van der Waals surface area contributed by atoms with Crippen LogP contribution in [0.5, 0.6) is 0 Å². The average Bonchev–Trinajstić information content (AvgIpc) is 2.30. The van der Waals surface area contributed by atoms with E-state index in [9.17, 15) is 9.18 Å². The molecule has 4 heteroatoms. The van der Waals surface area contributed by atoms with Gasteiger partial charge in [0, 0.05) is 19.3 Å². The molecule has 0 aliphatic carbocycles. The summed E-state index contributed by atoms with van der Waals surface area (Å²) in [5.74, 6) is -0.358. The molecule has 0 saturated carbocycles. The van der Waals surface area contributed by atoms with Gasteiger partial charge in [0.05, 0.1) is 6.42 Å². The first kappa shape index (κ1) is 12.0. The molecule has 1 saturated heterocycles. The van der Waals surface area contributed by atoms with E-state index in [2.05, 4.69) is 5.32 Å². The Morgan fingerprint density at radius 2 is 2.18 bits per heavy atom. The normalized spacial score (nSPS) is 16.8. The van der Waals surface area contributed by atoms with Crippen LogP contribution in [0.3, 0.4) is 0 Å². The maximum Gasteiger partial charge on any atom is 0.224 e. The molecular weight excluding hydrogens is 221 g/mol. The molecule has 1 N–H and O–H groups in total. The molecule has 0 aromatic heterocycles. The molecule has 3 nitrogen and oxygen atoms in total. The van der Waals surface area contributed by atoms with E-state index in [4.69, 9.17) is 4.74 Å². The van der Waals surface area contributed by atoms with Gasteiger partial charge in [-0.2, -0.15) is 0 Å². The monoisotopic (exact) mass is 237 g/mol. The summed E-state index contributed by atoms with van der Waals surface area (Å²) >= 11 is 0. The maximum absolute atomic E-state index is 12.9. The number of benzene rings is 1. The Morgan fingerprint density at radius 1 is 1.41 bits per heavy atom. The highest BCUT2D eigenvalue weighted by molar-refractivity contribution is 5.78. The number of hydrogen-bond acceptors (Lipinski definition) is 2. The van der Waals surface area contributed by atoms with Crippen LogP contribution < -0.4 is 5.32 Å². The van der Waals surface area contributed by atoms with Crippen LogP contribution in [0.25, 0.3) is 0 Å². The lowest BCUT2D eigenvalue weighted by Gasteiger charge is -2.23. The van der Waals surface area contributed by atoms with E-state index >= 15 is 0 Å². The maximum atomic E-state index is 12.9. The van der Waals surface area contributed by atoms with E-state index < -0.39 is 0 Å². The average molecular weight is 237 g/mol. The van der Waals surface area contributed by atoms with Crippen LogP contribution in [0.4, 0.5) is 4.39 Å². The predicted molar refractivity (Wildman–Crippen MR) is 62.1 cm³/mol. The molecule has 1 aliphatic rings. The van der Waals surface area contributed by atoms with E-state index in [0.29, 0.717) is 18.8 Å². The standard InChI is InChI=1S/C13H16FNO2/c14-11-3-1-2-10(8-11)9-13(16)15-12-4-6-17-7-5-12/h1-3,8,12H,4-7,9H2,(H,15,16). The molecule has 0 bridgehead atoms. The Labute approximate surface area is 100.0 Å². The molecule has 0 unspecified atom stereocenters. The molecule has 0 spiro atoms. The molecule has 1 aromatic carbocycles. The number of rotatable bonds is 3.